The molecule has 3 heterocycles. The van der Waals surface area contributed by atoms with E-state index in [0.717, 1.165) is 19.4 Å². The Morgan fingerprint density at radius 2 is 2.33 bits per heavy atom. The molecule has 0 aliphatic carbocycles. The lowest BCUT2D eigenvalue weighted by atomic mass is 9.92. The van der Waals surface area contributed by atoms with Crippen LogP contribution in [0.15, 0.2) is 28.9 Å². The predicted octanol–water partition coefficient (Wildman–Crippen LogP) is 1.65. The van der Waals surface area contributed by atoms with Gasteiger partial charge in [-0.05, 0) is 30.9 Å². The summed E-state index contributed by atoms with van der Waals surface area (Å²) in [5.41, 5.74) is 6.49. The monoisotopic (exact) mass is 329 g/mol. The van der Waals surface area contributed by atoms with Crippen molar-refractivity contribution in [3.63, 3.8) is 0 Å². The van der Waals surface area contributed by atoms with Crippen LogP contribution in [0.1, 0.15) is 32.1 Å². The van der Waals surface area contributed by atoms with E-state index in [-0.39, 0.29) is 11.9 Å². The first-order valence-electron chi connectivity index (χ1n) is 8.41. The van der Waals surface area contributed by atoms with Crippen molar-refractivity contribution in [2.45, 2.75) is 38.6 Å². The van der Waals surface area contributed by atoms with Crippen LogP contribution in [0.3, 0.4) is 0 Å². The van der Waals surface area contributed by atoms with E-state index in [1.807, 2.05) is 23.1 Å². The van der Waals surface area contributed by atoms with Crippen molar-refractivity contribution < 1.29 is 9.32 Å². The Bertz CT molecular complexity index is 673. The van der Waals surface area contributed by atoms with E-state index in [2.05, 4.69) is 22.0 Å². The molecule has 1 aliphatic rings. The summed E-state index contributed by atoms with van der Waals surface area (Å²) in [7, 11) is 0. The second-order valence-electron chi connectivity index (χ2n) is 6.33. The van der Waals surface area contributed by atoms with Gasteiger partial charge in [0.25, 0.3) is 0 Å². The van der Waals surface area contributed by atoms with E-state index in [9.17, 15) is 4.79 Å². The predicted molar refractivity (Wildman–Crippen MR) is 88.8 cm³/mol. The molecule has 1 amide bonds. The minimum Gasteiger partial charge on any atom is -0.339 e. The summed E-state index contributed by atoms with van der Waals surface area (Å²) < 4.78 is 5.23. The third-order valence-corrected chi connectivity index (χ3v) is 4.49. The average Bonchev–Trinajstić information content (AvgIpc) is 3.09. The first-order valence-corrected chi connectivity index (χ1v) is 8.41. The molecule has 1 saturated heterocycles. The molecule has 2 unspecified atom stereocenters. The van der Waals surface area contributed by atoms with E-state index >= 15 is 0 Å². The van der Waals surface area contributed by atoms with Gasteiger partial charge in [0.15, 0.2) is 0 Å². The van der Waals surface area contributed by atoms with Gasteiger partial charge in [0.05, 0.1) is 0 Å². The summed E-state index contributed by atoms with van der Waals surface area (Å²) in [6.07, 6.45) is 4.48. The zero-order chi connectivity index (χ0) is 16.9. The lowest BCUT2D eigenvalue weighted by Crippen LogP contribution is -2.49. The van der Waals surface area contributed by atoms with E-state index < -0.39 is 0 Å². The highest BCUT2D eigenvalue weighted by Crippen LogP contribution is 2.23. The summed E-state index contributed by atoms with van der Waals surface area (Å²) >= 11 is 0. The van der Waals surface area contributed by atoms with Crippen LogP contribution in [-0.4, -0.2) is 45.1 Å². The standard InChI is InChI=1S/C17H23N5O2/c1-12-7-9-22(13(10-12)11-18)16(23)6-5-15-20-17(21-24-15)14-4-2-3-8-19-14/h2-4,8,12-13H,5-7,9-11,18H2,1H3. The highest BCUT2D eigenvalue weighted by Gasteiger charge is 2.28. The van der Waals surface area contributed by atoms with Crippen LogP contribution in [0.4, 0.5) is 0 Å². The molecular weight excluding hydrogens is 306 g/mol. The molecule has 0 aromatic carbocycles. The molecule has 1 fully saturated rings. The minimum atomic E-state index is 0.106. The molecule has 2 aromatic heterocycles. The molecule has 0 radical (unpaired) electrons. The number of carbonyl (C=O) groups excluding carboxylic acids is 1. The number of hydrogen-bond acceptors (Lipinski definition) is 6. The minimum absolute atomic E-state index is 0.106. The second-order valence-corrected chi connectivity index (χ2v) is 6.33. The lowest BCUT2D eigenvalue weighted by molar-refractivity contribution is -0.135. The molecule has 1 aliphatic heterocycles. The summed E-state index contributed by atoms with van der Waals surface area (Å²) in [5, 5.41) is 3.92. The van der Waals surface area contributed by atoms with Gasteiger partial charge in [-0.1, -0.05) is 18.1 Å². The molecule has 0 saturated carbocycles. The molecule has 0 spiro atoms. The van der Waals surface area contributed by atoms with E-state index in [1.165, 1.54) is 0 Å². The first kappa shape index (κ1) is 16.6. The first-order chi connectivity index (χ1) is 11.7. The van der Waals surface area contributed by atoms with Crippen LogP contribution in [-0.2, 0) is 11.2 Å². The smallest absolute Gasteiger partial charge is 0.227 e. The van der Waals surface area contributed by atoms with Gasteiger partial charge < -0.3 is 15.2 Å². The van der Waals surface area contributed by atoms with Crippen molar-refractivity contribution in [1.82, 2.24) is 20.0 Å². The van der Waals surface area contributed by atoms with Crippen molar-refractivity contribution in [2.24, 2.45) is 11.7 Å². The van der Waals surface area contributed by atoms with Gasteiger partial charge in [-0.2, -0.15) is 4.98 Å². The average molecular weight is 329 g/mol. The number of pyridine rings is 1. The number of aromatic nitrogens is 3. The number of amides is 1. The topological polar surface area (TPSA) is 98.1 Å². The Balaban J connectivity index is 1.58. The zero-order valence-electron chi connectivity index (χ0n) is 13.9. The lowest BCUT2D eigenvalue weighted by Gasteiger charge is -2.38. The fourth-order valence-corrected chi connectivity index (χ4v) is 3.12. The fraction of sp³-hybridized carbons (Fsp3) is 0.529. The number of likely N-dealkylation sites (tertiary alicyclic amines) is 1. The van der Waals surface area contributed by atoms with Gasteiger partial charge >= 0.3 is 0 Å². The van der Waals surface area contributed by atoms with Crippen LogP contribution >= 0.6 is 0 Å². The molecule has 7 nitrogen and oxygen atoms in total. The quantitative estimate of drug-likeness (QED) is 0.895. The number of nitrogens with zero attached hydrogens (tertiary/aromatic N) is 4. The Labute approximate surface area is 141 Å². The summed E-state index contributed by atoms with van der Waals surface area (Å²) in [6.45, 7) is 3.51. The van der Waals surface area contributed by atoms with Gasteiger partial charge in [-0.25, -0.2) is 0 Å². The largest absolute Gasteiger partial charge is 0.339 e. The molecule has 3 rings (SSSR count). The van der Waals surface area contributed by atoms with Crippen LogP contribution < -0.4 is 5.73 Å². The molecule has 7 heteroatoms. The maximum absolute atomic E-state index is 12.5. The zero-order valence-corrected chi connectivity index (χ0v) is 13.9. The third-order valence-electron chi connectivity index (χ3n) is 4.49. The van der Waals surface area contributed by atoms with Gasteiger partial charge in [-0.15, -0.1) is 0 Å². The van der Waals surface area contributed by atoms with Crippen LogP contribution in [0.5, 0.6) is 0 Å². The Morgan fingerprint density at radius 3 is 3.08 bits per heavy atom. The molecule has 0 bridgehead atoms. The fourth-order valence-electron chi connectivity index (χ4n) is 3.12. The van der Waals surface area contributed by atoms with E-state index in [1.54, 1.807) is 6.20 Å². The molecular formula is C17H23N5O2. The normalized spacial score (nSPS) is 21.0. The number of nitrogens with two attached hydrogens (primary N) is 1. The van der Waals surface area contributed by atoms with Crippen molar-refractivity contribution in [1.29, 1.82) is 0 Å². The van der Waals surface area contributed by atoms with Crippen molar-refractivity contribution in [3.8, 4) is 11.5 Å². The SMILES string of the molecule is CC1CCN(C(=O)CCc2nc(-c3ccccn3)no2)C(CN)C1. The Kier molecular flexibility index (Phi) is 5.20. The van der Waals surface area contributed by atoms with Crippen molar-refractivity contribution in [3.05, 3.63) is 30.3 Å². The highest BCUT2D eigenvalue weighted by molar-refractivity contribution is 5.76. The van der Waals surface area contributed by atoms with Gasteiger partial charge in [0, 0.05) is 38.2 Å². The number of hydrogen-bond donors (Lipinski definition) is 1. The Hall–Kier alpha value is -2.28. The number of rotatable bonds is 5. The molecule has 128 valence electrons. The maximum atomic E-state index is 12.5. The molecule has 24 heavy (non-hydrogen) atoms. The van der Waals surface area contributed by atoms with Gasteiger partial charge in [-0.3, -0.25) is 9.78 Å². The third kappa shape index (κ3) is 3.79. The van der Waals surface area contributed by atoms with E-state index in [0.29, 0.717) is 42.7 Å². The summed E-state index contributed by atoms with van der Waals surface area (Å²) in [4.78, 5) is 22.9. The van der Waals surface area contributed by atoms with Crippen LogP contribution in [0.25, 0.3) is 11.5 Å². The van der Waals surface area contributed by atoms with Crippen LogP contribution in [0, 0.1) is 5.92 Å². The molecule has 2 atom stereocenters. The number of carbonyl (C=O) groups is 1. The van der Waals surface area contributed by atoms with E-state index in [4.69, 9.17) is 10.3 Å². The van der Waals surface area contributed by atoms with Crippen LogP contribution in [0.2, 0.25) is 0 Å². The maximum Gasteiger partial charge on any atom is 0.227 e. The molecule has 2 aromatic rings. The number of piperidine rings is 1. The van der Waals surface area contributed by atoms with Gasteiger partial charge in [0.1, 0.15) is 5.69 Å². The Morgan fingerprint density at radius 1 is 1.46 bits per heavy atom. The second kappa shape index (κ2) is 7.53. The van der Waals surface area contributed by atoms with Crippen molar-refractivity contribution >= 4 is 5.91 Å². The number of aryl methyl sites for hydroxylation is 1. The summed E-state index contributed by atoms with van der Waals surface area (Å²) in [6, 6.07) is 5.66. The van der Waals surface area contributed by atoms with Gasteiger partial charge in [0.2, 0.25) is 17.6 Å². The summed E-state index contributed by atoms with van der Waals surface area (Å²) in [5.74, 6) is 1.64. The highest BCUT2D eigenvalue weighted by atomic mass is 16.5. The molecule has 2 N–H and O–H groups in total. The van der Waals surface area contributed by atoms with Crippen molar-refractivity contribution in [2.75, 3.05) is 13.1 Å².